The van der Waals surface area contributed by atoms with Crippen LogP contribution in [0.25, 0.3) is 0 Å². The number of rotatable bonds is 6. The lowest BCUT2D eigenvalue weighted by atomic mass is 9.78. The minimum atomic E-state index is 0.164. The Bertz CT molecular complexity index is 233. The number of nitrogens with two attached hydrogens (primary N) is 1. The Balaban J connectivity index is 2.18. The van der Waals surface area contributed by atoms with Gasteiger partial charge in [0.2, 0.25) is 5.91 Å². The monoisotopic (exact) mass is 242 g/mol. The topological polar surface area (TPSA) is 64.3 Å². The van der Waals surface area contributed by atoms with Crippen molar-refractivity contribution in [3.05, 3.63) is 0 Å². The molecule has 0 aromatic rings. The molecule has 3 N–H and O–H groups in total. The molecule has 0 aromatic heterocycles. The number of carbonyl (C=O) groups excluding carboxylic acids is 1. The predicted octanol–water partition coefficient (Wildman–Crippen LogP) is 1.29. The van der Waals surface area contributed by atoms with Crippen LogP contribution < -0.4 is 11.1 Å². The van der Waals surface area contributed by atoms with Crippen LogP contribution in [0.5, 0.6) is 0 Å². The molecule has 1 aliphatic carbocycles. The fraction of sp³-hybridized carbons (Fsp3) is 0.923. The highest BCUT2D eigenvalue weighted by Crippen LogP contribution is 2.29. The molecular formula is C13H26N2O2. The number of ether oxygens (including phenoxy) is 1. The number of unbranched alkanes of at least 4 members (excludes halogenated alkanes) is 1. The molecule has 0 spiro atoms. The summed E-state index contributed by atoms with van der Waals surface area (Å²) >= 11 is 0. The SMILES string of the molecule is COCCCCNC(=O)C1CCC(N)CC1C. The zero-order valence-corrected chi connectivity index (χ0v) is 11.1. The number of hydrogen-bond donors (Lipinski definition) is 2. The molecule has 0 radical (unpaired) electrons. The van der Waals surface area contributed by atoms with Gasteiger partial charge >= 0.3 is 0 Å². The van der Waals surface area contributed by atoms with Crippen LogP contribution in [0.3, 0.4) is 0 Å². The van der Waals surface area contributed by atoms with E-state index in [0.29, 0.717) is 5.92 Å². The van der Waals surface area contributed by atoms with Crippen molar-refractivity contribution in [2.75, 3.05) is 20.3 Å². The fourth-order valence-electron chi connectivity index (χ4n) is 2.54. The van der Waals surface area contributed by atoms with Crippen molar-refractivity contribution in [3.63, 3.8) is 0 Å². The van der Waals surface area contributed by atoms with Gasteiger partial charge in [0, 0.05) is 32.2 Å². The van der Waals surface area contributed by atoms with Crippen LogP contribution in [0.15, 0.2) is 0 Å². The van der Waals surface area contributed by atoms with E-state index in [0.717, 1.165) is 45.3 Å². The predicted molar refractivity (Wildman–Crippen MR) is 68.6 cm³/mol. The Hall–Kier alpha value is -0.610. The number of nitrogens with one attached hydrogen (secondary N) is 1. The van der Waals surface area contributed by atoms with Gasteiger partial charge in [0.1, 0.15) is 0 Å². The van der Waals surface area contributed by atoms with Crippen molar-refractivity contribution in [1.29, 1.82) is 0 Å². The highest BCUT2D eigenvalue weighted by Gasteiger charge is 2.30. The van der Waals surface area contributed by atoms with Gasteiger partial charge in [-0.1, -0.05) is 6.92 Å². The average Bonchev–Trinajstić information content (AvgIpc) is 2.28. The van der Waals surface area contributed by atoms with E-state index in [1.54, 1.807) is 7.11 Å². The molecule has 1 rings (SSSR count). The summed E-state index contributed by atoms with van der Waals surface area (Å²) < 4.78 is 4.97. The first kappa shape index (κ1) is 14.5. The molecule has 4 nitrogen and oxygen atoms in total. The van der Waals surface area contributed by atoms with E-state index < -0.39 is 0 Å². The molecule has 100 valence electrons. The quantitative estimate of drug-likeness (QED) is 0.690. The van der Waals surface area contributed by atoms with Crippen LogP contribution in [0, 0.1) is 11.8 Å². The minimum absolute atomic E-state index is 0.164. The van der Waals surface area contributed by atoms with E-state index in [1.807, 2.05) is 0 Å². The second-order valence-electron chi connectivity index (χ2n) is 5.15. The molecule has 0 aromatic carbocycles. The zero-order chi connectivity index (χ0) is 12.7. The van der Waals surface area contributed by atoms with Crippen molar-refractivity contribution in [2.45, 2.75) is 45.1 Å². The van der Waals surface area contributed by atoms with E-state index in [2.05, 4.69) is 12.2 Å². The molecule has 17 heavy (non-hydrogen) atoms. The third-order valence-corrected chi connectivity index (χ3v) is 3.62. The standard InChI is InChI=1S/C13H26N2O2/c1-10-9-11(14)5-6-12(10)13(16)15-7-3-4-8-17-2/h10-12H,3-9,14H2,1-2H3,(H,15,16). The van der Waals surface area contributed by atoms with Gasteiger partial charge in [-0.25, -0.2) is 0 Å². The van der Waals surface area contributed by atoms with E-state index in [4.69, 9.17) is 10.5 Å². The highest BCUT2D eigenvalue weighted by molar-refractivity contribution is 5.79. The largest absolute Gasteiger partial charge is 0.385 e. The second-order valence-corrected chi connectivity index (χ2v) is 5.15. The van der Waals surface area contributed by atoms with Crippen LogP contribution in [-0.4, -0.2) is 32.2 Å². The molecule has 1 fully saturated rings. The Morgan fingerprint density at radius 1 is 1.41 bits per heavy atom. The fourth-order valence-corrected chi connectivity index (χ4v) is 2.54. The van der Waals surface area contributed by atoms with E-state index in [1.165, 1.54) is 0 Å². The summed E-state index contributed by atoms with van der Waals surface area (Å²) in [5.41, 5.74) is 5.90. The Morgan fingerprint density at radius 2 is 2.18 bits per heavy atom. The first-order chi connectivity index (χ1) is 8.15. The van der Waals surface area contributed by atoms with Crippen molar-refractivity contribution < 1.29 is 9.53 Å². The molecule has 0 saturated heterocycles. The third-order valence-electron chi connectivity index (χ3n) is 3.62. The zero-order valence-electron chi connectivity index (χ0n) is 11.1. The summed E-state index contributed by atoms with van der Waals surface area (Å²) in [7, 11) is 1.70. The summed E-state index contributed by atoms with van der Waals surface area (Å²) in [6.45, 7) is 3.66. The van der Waals surface area contributed by atoms with Crippen molar-refractivity contribution in [2.24, 2.45) is 17.6 Å². The Labute approximate surface area is 104 Å². The van der Waals surface area contributed by atoms with Crippen LogP contribution in [0.4, 0.5) is 0 Å². The highest BCUT2D eigenvalue weighted by atomic mass is 16.5. The smallest absolute Gasteiger partial charge is 0.223 e. The molecule has 0 bridgehead atoms. The summed E-state index contributed by atoms with van der Waals surface area (Å²) in [6.07, 6.45) is 4.88. The van der Waals surface area contributed by atoms with Crippen molar-refractivity contribution in [1.82, 2.24) is 5.32 Å². The third kappa shape index (κ3) is 5.04. The Kier molecular flexibility index (Phi) is 6.52. The summed E-state index contributed by atoms with van der Waals surface area (Å²) in [5.74, 6) is 0.789. The first-order valence-electron chi connectivity index (χ1n) is 6.67. The van der Waals surface area contributed by atoms with Gasteiger partial charge in [-0.2, -0.15) is 0 Å². The molecule has 0 aliphatic heterocycles. The average molecular weight is 242 g/mol. The summed E-state index contributed by atoms with van der Waals surface area (Å²) in [4.78, 5) is 12.0. The molecule has 3 atom stereocenters. The van der Waals surface area contributed by atoms with Crippen molar-refractivity contribution >= 4 is 5.91 Å². The number of carbonyl (C=O) groups is 1. The molecule has 1 amide bonds. The molecule has 1 saturated carbocycles. The molecule has 3 unspecified atom stereocenters. The van der Waals surface area contributed by atoms with E-state index in [9.17, 15) is 4.79 Å². The lowest BCUT2D eigenvalue weighted by Crippen LogP contribution is -2.41. The number of hydrogen-bond acceptors (Lipinski definition) is 3. The maximum atomic E-state index is 12.0. The number of methoxy groups -OCH3 is 1. The van der Waals surface area contributed by atoms with Crippen LogP contribution in [0.2, 0.25) is 0 Å². The van der Waals surface area contributed by atoms with Gasteiger partial charge < -0.3 is 15.8 Å². The van der Waals surface area contributed by atoms with Crippen LogP contribution in [-0.2, 0) is 9.53 Å². The maximum absolute atomic E-state index is 12.0. The Morgan fingerprint density at radius 3 is 2.82 bits per heavy atom. The second kappa shape index (κ2) is 7.67. The van der Waals surface area contributed by atoms with Gasteiger partial charge in [-0.05, 0) is 38.0 Å². The van der Waals surface area contributed by atoms with Gasteiger partial charge in [0.15, 0.2) is 0 Å². The maximum Gasteiger partial charge on any atom is 0.223 e. The molecule has 1 aliphatic rings. The summed E-state index contributed by atoms with van der Waals surface area (Å²) in [5, 5.41) is 3.02. The van der Waals surface area contributed by atoms with Gasteiger partial charge in [-0.3, -0.25) is 4.79 Å². The van der Waals surface area contributed by atoms with Gasteiger partial charge in [-0.15, -0.1) is 0 Å². The lowest BCUT2D eigenvalue weighted by Gasteiger charge is -2.31. The normalized spacial score (nSPS) is 29.0. The minimum Gasteiger partial charge on any atom is -0.385 e. The van der Waals surface area contributed by atoms with Gasteiger partial charge in [0.05, 0.1) is 0 Å². The number of amides is 1. The molecular weight excluding hydrogens is 216 g/mol. The van der Waals surface area contributed by atoms with Crippen molar-refractivity contribution in [3.8, 4) is 0 Å². The van der Waals surface area contributed by atoms with Gasteiger partial charge in [0.25, 0.3) is 0 Å². The first-order valence-corrected chi connectivity index (χ1v) is 6.67. The molecule has 4 heteroatoms. The van der Waals surface area contributed by atoms with E-state index >= 15 is 0 Å². The summed E-state index contributed by atoms with van der Waals surface area (Å²) in [6, 6.07) is 0.288. The van der Waals surface area contributed by atoms with Crippen LogP contribution >= 0.6 is 0 Å². The lowest BCUT2D eigenvalue weighted by molar-refractivity contribution is -0.127. The van der Waals surface area contributed by atoms with E-state index in [-0.39, 0.29) is 17.9 Å². The van der Waals surface area contributed by atoms with Crippen LogP contribution in [0.1, 0.15) is 39.0 Å². The molecule has 0 heterocycles.